The molecule has 0 spiro atoms. The van der Waals surface area contributed by atoms with E-state index in [1.807, 2.05) is 30.3 Å². The molecular weight excluding hydrogens is 320 g/mol. The summed E-state index contributed by atoms with van der Waals surface area (Å²) in [6.07, 6.45) is 5.31. The minimum atomic E-state index is -3.38. The van der Waals surface area contributed by atoms with E-state index in [0.717, 1.165) is 29.9 Å². The highest BCUT2D eigenvalue weighted by atomic mass is 32.2. The Morgan fingerprint density at radius 2 is 1.58 bits per heavy atom. The van der Waals surface area contributed by atoms with Crippen LogP contribution in [-0.2, 0) is 10.0 Å². The number of rotatable bonds is 3. The first-order valence-electron chi connectivity index (χ1n) is 8.98. The van der Waals surface area contributed by atoms with E-state index in [0.29, 0.717) is 18.0 Å². The van der Waals surface area contributed by atoms with Crippen molar-refractivity contribution in [2.24, 2.45) is 0 Å². The molecule has 1 saturated carbocycles. The first-order valence-corrected chi connectivity index (χ1v) is 10.4. The smallest absolute Gasteiger partial charge is 0.243 e. The zero-order valence-corrected chi connectivity index (χ0v) is 14.8. The van der Waals surface area contributed by atoms with Crippen molar-refractivity contribution in [1.29, 1.82) is 0 Å². The molecule has 0 bridgehead atoms. The zero-order valence-electron chi connectivity index (χ0n) is 13.9. The van der Waals surface area contributed by atoms with Crippen molar-refractivity contribution in [3.8, 4) is 0 Å². The Morgan fingerprint density at radius 1 is 0.917 bits per heavy atom. The number of benzene rings is 2. The SMILES string of the molecule is O=S(=O)(c1ccc2ccccc2c1)N1CC[NH+](C2CCCC2)CC1. The van der Waals surface area contributed by atoms with E-state index in [-0.39, 0.29) is 0 Å². The molecule has 2 aromatic carbocycles. The van der Waals surface area contributed by atoms with Crippen molar-refractivity contribution < 1.29 is 13.3 Å². The summed E-state index contributed by atoms with van der Waals surface area (Å²) < 4.78 is 27.6. The van der Waals surface area contributed by atoms with Gasteiger partial charge in [0.25, 0.3) is 0 Å². The lowest BCUT2D eigenvalue weighted by atomic mass is 10.1. The maximum absolute atomic E-state index is 13.0. The number of nitrogens with one attached hydrogen (secondary N) is 1. The van der Waals surface area contributed by atoms with Gasteiger partial charge >= 0.3 is 0 Å². The van der Waals surface area contributed by atoms with Gasteiger partial charge in [0.15, 0.2) is 0 Å². The third-order valence-electron chi connectivity index (χ3n) is 5.66. The highest BCUT2D eigenvalue weighted by molar-refractivity contribution is 7.89. The summed E-state index contributed by atoms with van der Waals surface area (Å²) in [7, 11) is -3.38. The molecule has 0 atom stereocenters. The zero-order chi connectivity index (χ0) is 16.6. The Labute approximate surface area is 144 Å². The third kappa shape index (κ3) is 2.96. The fourth-order valence-corrected chi connectivity index (χ4v) is 5.71. The molecule has 5 heteroatoms. The molecule has 128 valence electrons. The van der Waals surface area contributed by atoms with E-state index in [1.54, 1.807) is 21.3 Å². The summed E-state index contributed by atoms with van der Waals surface area (Å²) in [4.78, 5) is 2.03. The number of piperazine rings is 1. The predicted octanol–water partition coefficient (Wildman–Crippen LogP) is 1.67. The number of quaternary nitrogens is 1. The number of sulfonamides is 1. The molecule has 0 aromatic heterocycles. The topological polar surface area (TPSA) is 41.8 Å². The molecule has 0 unspecified atom stereocenters. The highest BCUT2D eigenvalue weighted by Crippen LogP contribution is 2.22. The van der Waals surface area contributed by atoms with E-state index in [9.17, 15) is 8.42 Å². The van der Waals surface area contributed by atoms with Gasteiger partial charge in [0.2, 0.25) is 10.0 Å². The predicted molar refractivity (Wildman–Crippen MR) is 95.7 cm³/mol. The molecule has 4 nitrogen and oxygen atoms in total. The number of hydrogen-bond acceptors (Lipinski definition) is 2. The molecule has 2 aliphatic rings. The maximum atomic E-state index is 13.0. The fraction of sp³-hybridized carbons (Fsp3) is 0.474. The molecule has 4 rings (SSSR count). The van der Waals surface area contributed by atoms with E-state index in [2.05, 4.69) is 0 Å². The molecule has 1 heterocycles. The van der Waals surface area contributed by atoms with E-state index in [1.165, 1.54) is 25.7 Å². The molecule has 2 aromatic rings. The van der Waals surface area contributed by atoms with Gasteiger partial charge in [-0.25, -0.2) is 8.42 Å². The summed E-state index contributed by atoms with van der Waals surface area (Å²) in [5, 5.41) is 2.06. The van der Waals surface area contributed by atoms with Crippen molar-refractivity contribution in [3.63, 3.8) is 0 Å². The summed E-state index contributed by atoms with van der Waals surface area (Å²) in [5.74, 6) is 0. The van der Waals surface area contributed by atoms with E-state index in [4.69, 9.17) is 0 Å². The number of hydrogen-bond donors (Lipinski definition) is 1. The van der Waals surface area contributed by atoms with Gasteiger partial charge in [0, 0.05) is 0 Å². The van der Waals surface area contributed by atoms with Gasteiger partial charge in [0.05, 0.1) is 37.1 Å². The number of nitrogens with zero attached hydrogens (tertiary/aromatic N) is 1. The van der Waals surface area contributed by atoms with Gasteiger partial charge in [0.1, 0.15) is 0 Å². The molecule has 1 N–H and O–H groups in total. The average Bonchev–Trinajstić information content (AvgIpc) is 3.16. The van der Waals surface area contributed by atoms with Gasteiger partial charge in [-0.15, -0.1) is 0 Å². The summed E-state index contributed by atoms with van der Waals surface area (Å²) in [5.41, 5.74) is 0. The fourth-order valence-electron chi connectivity index (χ4n) is 4.23. The van der Waals surface area contributed by atoms with Gasteiger partial charge in [-0.3, -0.25) is 0 Å². The largest absolute Gasteiger partial charge is 0.330 e. The first-order chi connectivity index (χ1) is 11.6. The van der Waals surface area contributed by atoms with Crippen molar-refractivity contribution in [2.75, 3.05) is 26.2 Å². The Bertz CT molecular complexity index is 820. The lowest BCUT2D eigenvalue weighted by molar-refractivity contribution is -0.928. The average molecular weight is 345 g/mol. The van der Waals surface area contributed by atoms with Crippen molar-refractivity contribution in [1.82, 2.24) is 4.31 Å². The molecule has 24 heavy (non-hydrogen) atoms. The molecule has 0 amide bonds. The summed E-state index contributed by atoms with van der Waals surface area (Å²) in [6.45, 7) is 3.16. The van der Waals surface area contributed by atoms with Crippen LogP contribution in [0.25, 0.3) is 10.8 Å². The van der Waals surface area contributed by atoms with Crippen molar-refractivity contribution in [2.45, 2.75) is 36.6 Å². The molecule has 1 saturated heterocycles. The van der Waals surface area contributed by atoms with Gasteiger partial charge < -0.3 is 4.90 Å². The highest BCUT2D eigenvalue weighted by Gasteiger charge is 2.34. The quantitative estimate of drug-likeness (QED) is 0.919. The maximum Gasteiger partial charge on any atom is 0.243 e. The second-order valence-corrected chi connectivity index (χ2v) is 8.99. The first kappa shape index (κ1) is 16.1. The van der Waals surface area contributed by atoms with Crippen LogP contribution in [0.2, 0.25) is 0 Å². The monoisotopic (exact) mass is 345 g/mol. The Balaban J connectivity index is 1.52. The van der Waals surface area contributed by atoms with Crippen LogP contribution in [0.15, 0.2) is 47.4 Å². The van der Waals surface area contributed by atoms with Crippen molar-refractivity contribution in [3.05, 3.63) is 42.5 Å². The Kier molecular flexibility index (Phi) is 4.33. The van der Waals surface area contributed by atoms with Crippen LogP contribution in [0, 0.1) is 0 Å². The van der Waals surface area contributed by atoms with Gasteiger partial charge in [-0.1, -0.05) is 30.3 Å². The van der Waals surface area contributed by atoms with Crippen LogP contribution >= 0.6 is 0 Å². The standard InChI is InChI=1S/C19H24N2O2S/c22-24(23,19-10-9-16-5-1-2-6-17(16)15-19)21-13-11-20(12-14-21)18-7-3-4-8-18/h1-2,5-6,9-10,15,18H,3-4,7-8,11-14H2/p+1. The van der Waals surface area contributed by atoms with E-state index < -0.39 is 10.0 Å². The molecule has 0 radical (unpaired) electrons. The molecular formula is C19H25N2O2S+. The lowest BCUT2D eigenvalue weighted by Gasteiger charge is -2.34. The Hall–Kier alpha value is -1.43. The Morgan fingerprint density at radius 3 is 2.29 bits per heavy atom. The second kappa shape index (κ2) is 6.47. The van der Waals surface area contributed by atoms with Crippen LogP contribution in [0.1, 0.15) is 25.7 Å². The summed E-state index contributed by atoms with van der Waals surface area (Å²) >= 11 is 0. The normalized spacial score (nSPS) is 21.5. The minimum absolute atomic E-state index is 0.422. The van der Waals surface area contributed by atoms with Crippen molar-refractivity contribution >= 4 is 20.8 Å². The molecule has 2 fully saturated rings. The third-order valence-corrected chi connectivity index (χ3v) is 7.55. The van der Waals surface area contributed by atoms with E-state index >= 15 is 0 Å². The van der Waals surface area contributed by atoms with Crippen LogP contribution < -0.4 is 4.90 Å². The second-order valence-electron chi connectivity index (χ2n) is 7.05. The van der Waals surface area contributed by atoms with Crippen LogP contribution in [0.5, 0.6) is 0 Å². The number of fused-ring (bicyclic) bond motifs is 1. The summed E-state index contributed by atoms with van der Waals surface area (Å²) in [6, 6.07) is 14.1. The minimum Gasteiger partial charge on any atom is -0.330 e. The van der Waals surface area contributed by atoms with Crippen LogP contribution in [0.3, 0.4) is 0 Å². The van der Waals surface area contributed by atoms with Gasteiger partial charge in [-0.2, -0.15) is 4.31 Å². The van der Waals surface area contributed by atoms with Gasteiger partial charge in [-0.05, 0) is 48.6 Å². The van der Waals surface area contributed by atoms with Crippen LogP contribution in [-0.4, -0.2) is 44.9 Å². The molecule has 1 aliphatic carbocycles. The molecule has 1 aliphatic heterocycles. The lowest BCUT2D eigenvalue weighted by Crippen LogP contribution is -3.18. The van der Waals surface area contributed by atoms with Crippen LogP contribution in [0.4, 0.5) is 0 Å².